The van der Waals surface area contributed by atoms with Crippen molar-refractivity contribution in [1.29, 1.82) is 0 Å². The number of hydrogen-bond acceptors (Lipinski definition) is 6. The van der Waals surface area contributed by atoms with Crippen molar-refractivity contribution in [3.8, 4) is 11.1 Å². The van der Waals surface area contributed by atoms with Gasteiger partial charge in [0, 0.05) is 35.9 Å². The molecule has 1 saturated carbocycles. The van der Waals surface area contributed by atoms with E-state index >= 15 is 0 Å². The smallest absolute Gasteiger partial charge is 0.351 e. The monoisotopic (exact) mass is 400 g/mol. The molecule has 1 aliphatic rings. The number of aromatic nitrogens is 4. The van der Waals surface area contributed by atoms with E-state index in [9.17, 15) is 13.2 Å². The molecule has 0 aliphatic heterocycles. The van der Waals surface area contributed by atoms with Gasteiger partial charge in [-0.05, 0) is 55.5 Å². The zero-order chi connectivity index (χ0) is 20.4. The minimum atomic E-state index is -4.52. The molecular weight excluding hydrogens is 381 g/mol. The lowest BCUT2D eigenvalue weighted by Crippen LogP contribution is -2.27. The van der Waals surface area contributed by atoms with Crippen LogP contribution in [-0.4, -0.2) is 26.0 Å². The van der Waals surface area contributed by atoms with Crippen molar-refractivity contribution in [2.24, 2.45) is 0 Å². The minimum absolute atomic E-state index is 0.118. The van der Waals surface area contributed by atoms with E-state index in [4.69, 9.17) is 0 Å². The van der Waals surface area contributed by atoms with E-state index in [0.717, 1.165) is 41.8 Å². The number of nitrogens with one attached hydrogen (secondary N) is 2. The molecular formula is C20H19F3N6. The lowest BCUT2D eigenvalue weighted by atomic mass is 9.93. The highest BCUT2D eigenvalue weighted by molar-refractivity contribution is 5.70. The fourth-order valence-corrected chi connectivity index (χ4v) is 3.01. The summed E-state index contributed by atoms with van der Waals surface area (Å²) in [6.07, 6.45) is 3.51. The van der Waals surface area contributed by atoms with Gasteiger partial charge >= 0.3 is 6.18 Å². The number of nitrogens with zero attached hydrogens (tertiary/aromatic N) is 4. The van der Waals surface area contributed by atoms with Crippen molar-refractivity contribution in [3.63, 3.8) is 0 Å². The molecule has 1 aliphatic carbocycles. The maximum atomic E-state index is 12.9. The molecule has 0 saturated heterocycles. The van der Waals surface area contributed by atoms with Crippen molar-refractivity contribution >= 4 is 17.6 Å². The van der Waals surface area contributed by atoms with Gasteiger partial charge in [-0.1, -0.05) is 6.07 Å². The molecule has 4 rings (SSSR count). The summed E-state index contributed by atoms with van der Waals surface area (Å²) in [5.74, 6) is 0.481. The Hall–Kier alpha value is -3.23. The van der Waals surface area contributed by atoms with Gasteiger partial charge in [-0.3, -0.25) is 0 Å². The van der Waals surface area contributed by atoms with Crippen molar-refractivity contribution in [2.75, 3.05) is 10.6 Å². The van der Waals surface area contributed by atoms with Crippen LogP contribution in [-0.2, 0) is 6.18 Å². The highest BCUT2D eigenvalue weighted by atomic mass is 19.4. The summed E-state index contributed by atoms with van der Waals surface area (Å²) in [5.41, 5.74) is 2.16. The van der Waals surface area contributed by atoms with Crippen LogP contribution in [0.25, 0.3) is 11.1 Å². The van der Waals surface area contributed by atoms with Crippen LogP contribution in [0.15, 0.2) is 42.9 Å². The Labute approximate surface area is 165 Å². The zero-order valence-corrected chi connectivity index (χ0v) is 15.7. The molecule has 0 spiro atoms. The molecule has 1 fully saturated rings. The maximum absolute atomic E-state index is 12.9. The van der Waals surface area contributed by atoms with Gasteiger partial charge in [0.15, 0.2) is 0 Å². The van der Waals surface area contributed by atoms with Gasteiger partial charge in [-0.25, -0.2) is 19.9 Å². The molecule has 2 heterocycles. The first-order valence-corrected chi connectivity index (χ1v) is 9.25. The Morgan fingerprint density at radius 1 is 0.966 bits per heavy atom. The Morgan fingerprint density at radius 3 is 2.38 bits per heavy atom. The molecule has 9 heteroatoms. The second-order valence-corrected chi connectivity index (χ2v) is 7.04. The standard InChI is InChI=1S/C20H19F3N6/c1-12-7-13(14-10-25-18(26-11-14)27-15-3-2-4-15)9-16(8-12)28-19-24-6-5-17(29-19)20(21,22)23/h5-11,15H,2-4H2,1H3,(H,24,28,29)(H,25,26,27). The van der Waals surface area contributed by atoms with E-state index in [1.165, 1.54) is 6.42 Å². The van der Waals surface area contributed by atoms with E-state index in [0.29, 0.717) is 17.7 Å². The highest BCUT2D eigenvalue weighted by Crippen LogP contribution is 2.29. The third-order valence-electron chi connectivity index (χ3n) is 4.70. The summed E-state index contributed by atoms with van der Waals surface area (Å²) in [6.45, 7) is 1.90. The summed E-state index contributed by atoms with van der Waals surface area (Å²) in [5, 5.41) is 6.13. The zero-order valence-electron chi connectivity index (χ0n) is 15.7. The molecule has 29 heavy (non-hydrogen) atoms. The van der Waals surface area contributed by atoms with Crippen LogP contribution in [0, 0.1) is 6.92 Å². The average Bonchev–Trinajstić information content (AvgIpc) is 2.64. The minimum Gasteiger partial charge on any atom is -0.351 e. The lowest BCUT2D eigenvalue weighted by molar-refractivity contribution is -0.141. The molecule has 0 bridgehead atoms. The second-order valence-electron chi connectivity index (χ2n) is 7.04. The van der Waals surface area contributed by atoms with Crippen molar-refractivity contribution in [2.45, 2.75) is 38.4 Å². The van der Waals surface area contributed by atoms with E-state index in [1.807, 2.05) is 13.0 Å². The van der Waals surface area contributed by atoms with E-state index < -0.39 is 11.9 Å². The van der Waals surface area contributed by atoms with Crippen LogP contribution < -0.4 is 10.6 Å². The molecule has 0 radical (unpaired) electrons. The number of alkyl halides is 3. The van der Waals surface area contributed by atoms with Gasteiger partial charge in [0.05, 0.1) is 0 Å². The molecule has 3 aromatic rings. The van der Waals surface area contributed by atoms with E-state index in [1.54, 1.807) is 24.5 Å². The third-order valence-corrected chi connectivity index (χ3v) is 4.70. The Kier molecular flexibility index (Phi) is 5.04. The lowest BCUT2D eigenvalue weighted by Gasteiger charge is -2.26. The fourth-order valence-electron chi connectivity index (χ4n) is 3.01. The van der Waals surface area contributed by atoms with Crippen molar-refractivity contribution < 1.29 is 13.2 Å². The predicted molar refractivity (Wildman–Crippen MR) is 104 cm³/mol. The van der Waals surface area contributed by atoms with Gasteiger partial charge in [0.1, 0.15) is 5.69 Å². The molecule has 2 aromatic heterocycles. The van der Waals surface area contributed by atoms with Crippen LogP contribution >= 0.6 is 0 Å². The second kappa shape index (κ2) is 7.65. The quantitative estimate of drug-likeness (QED) is 0.630. The first-order chi connectivity index (χ1) is 13.9. The van der Waals surface area contributed by atoms with Gasteiger partial charge < -0.3 is 10.6 Å². The van der Waals surface area contributed by atoms with Crippen LogP contribution in [0.3, 0.4) is 0 Å². The van der Waals surface area contributed by atoms with Gasteiger partial charge in [0.25, 0.3) is 0 Å². The Bertz CT molecular complexity index is 1000. The number of benzene rings is 1. The molecule has 2 N–H and O–H groups in total. The Morgan fingerprint density at radius 2 is 1.72 bits per heavy atom. The van der Waals surface area contributed by atoms with Crippen LogP contribution in [0.4, 0.5) is 30.8 Å². The molecule has 0 amide bonds. The average molecular weight is 400 g/mol. The van der Waals surface area contributed by atoms with Gasteiger partial charge in [-0.2, -0.15) is 13.2 Å². The van der Waals surface area contributed by atoms with Gasteiger partial charge in [-0.15, -0.1) is 0 Å². The molecule has 150 valence electrons. The molecule has 0 unspecified atom stereocenters. The normalized spacial score (nSPS) is 14.3. The number of hydrogen-bond donors (Lipinski definition) is 2. The largest absolute Gasteiger partial charge is 0.433 e. The van der Waals surface area contributed by atoms with Crippen LogP contribution in [0.5, 0.6) is 0 Å². The molecule has 1 aromatic carbocycles. The summed E-state index contributed by atoms with van der Waals surface area (Å²) >= 11 is 0. The fraction of sp³-hybridized carbons (Fsp3) is 0.300. The van der Waals surface area contributed by atoms with Crippen LogP contribution in [0.2, 0.25) is 0 Å². The summed E-state index contributed by atoms with van der Waals surface area (Å²) in [7, 11) is 0. The predicted octanol–water partition coefficient (Wildman–Crippen LogP) is 4.97. The van der Waals surface area contributed by atoms with Gasteiger partial charge in [0.2, 0.25) is 11.9 Å². The summed E-state index contributed by atoms with van der Waals surface area (Å²) in [6, 6.07) is 6.84. The number of halogens is 3. The first-order valence-electron chi connectivity index (χ1n) is 9.25. The van der Waals surface area contributed by atoms with E-state index in [2.05, 4.69) is 30.6 Å². The topological polar surface area (TPSA) is 75.6 Å². The number of anilines is 3. The number of aryl methyl sites for hydroxylation is 1. The Balaban J connectivity index is 1.54. The summed E-state index contributed by atoms with van der Waals surface area (Å²) in [4.78, 5) is 16.2. The molecule has 6 nitrogen and oxygen atoms in total. The third kappa shape index (κ3) is 4.61. The van der Waals surface area contributed by atoms with Crippen molar-refractivity contribution in [1.82, 2.24) is 19.9 Å². The highest BCUT2D eigenvalue weighted by Gasteiger charge is 2.32. The van der Waals surface area contributed by atoms with E-state index in [-0.39, 0.29) is 5.95 Å². The summed E-state index contributed by atoms with van der Waals surface area (Å²) < 4.78 is 38.6. The maximum Gasteiger partial charge on any atom is 0.433 e. The number of rotatable bonds is 5. The van der Waals surface area contributed by atoms with Crippen molar-refractivity contribution in [3.05, 3.63) is 54.1 Å². The molecule has 0 atom stereocenters. The SMILES string of the molecule is Cc1cc(Nc2nccc(C(F)(F)F)n2)cc(-c2cnc(NC3CCC3)nc2)c1. The first kappa shape index (κ1) is 19.1. The van der Waals surface area contributed by atoms with Crippen LogP contribution in [0.1, 0.15) is 30.5 Å².